The Morgan fingerprint density at radius 3 is 2.47 bits per heavy atom. The van der Waals surface area contributed by atoms with E-state index < -0.39 is 22.7 Å². The van der Waals surface area contributed by atoms with Gasteiger partial charge >= 0.3 is 0 Å². The van der Waals surface area contributed by atoms with Gasteiger partial charge in [0.1, 0.15) is 5.41 Å². The number of fused-ring (bicyclic) bond motifs is 1. The van der Waals surface area contributed by atoms with Gasteiger partial charge in [-0.2, -0.15) is 0 Å². The normalized spacial score (nSPS) is 16.3. The Morgan fingerprint density at radius 1 is 1.08 bits per heavy atom. The molecule has 10 nitrogen and oxygen atoms in total. The molecule has 3 amide bonds. The highest BCUT2D eigenvalue weighted by atomic mass is 19.1. The maximum Gasteiger partial charge on any atom is 0.240 e. The van der Waals surface area contributed by atoms with Gasteiger partial charge in [0, 0.05) is 29.3 Å². The minimum Gasteiger partial charge on any atom is -0.434 e. The van der Waals surface area contributed by atoms with Crippen LogP contribution in [-0.4, -0.2) is 37.9 Å². The molecular weight excluding hydrogens is 467 g/mol. The zero-order chi connectivity index (χ0) is 25.7. The molecule has 5 rings (SSSR count). The van der Waals surface area contributed by atoms with Crippen LogP contribution < -0.4 is 20.7 Å². The topological polar surface area (TPSA) is 127 Å². The van der Waals surface area contributed by atoms with Crippen LogP contribution >= 0.6 is 0 Å². The summed E-state index contributed by atoms with van der Waals surface area (Å²) in [5.41, 5.74) is -0.872. The lowest BCUT2D eigenvalue weighted by molar-refractivity contribution is -0.135. The Kier molecular flexibility index (Phi) is 5.65. The van der Waals surface area contributed by atoms with Gasteiger partial charge in [-0.25, -0.2) is 13.9 Å². The Hall–Kier alpha value is -4.02. The van der Waals surface area contributed by atoms with Crippen molar-refractivity contribution in [3.63, 3.8) is 0 Å². The number of halogens is 1. The quantitative estimate of drug-likeness (QED) is 0.431. The molecule has 0 saturated heterocycles. The number of rotatable bonds is 7. The number of anilines is 2. The zero-order valence-corrected chi connectivity index (χ0v) is 20.2. The van der Waals surface area contributed by atoms with Gasteiger partial charge in [-0.1, -0.05) is 0 Å². The van der Waals surface area contributed by atoms with Gasteiger partial charge in [0.25, 0.3) is 0 Å². The molecule has 3 aromatic rings. The largest absolute Gasteiger partial charge is 0.434 e. The molecule has 0 aliphatic heterocycles. The lowest BCUT2D eigenvalue weighted by Crippen LogP contribution is -2.48. The first-order valence-corrected chi connectivity index (χ1v) is 11.8. The summed E-state index contributed by atoms with van der Waals surface area (Å²) in [6.07, 6.45) is 4.21. The van der Waals surface area contributed by atoms with E-state index in [0.717, 1.165) is 18.9 Å². The number of aromatic nitrogens is 3. The third-order valence-electron chi connectivity index (χ3n) is 6.01. The number of benzene rings is 1. The number of hydrogen-bond donors (Lipinski definition) is 3. The van der Waals surface area contributed by atoms with Crippen molar-refractivity contribution < 1.29 is 23.5 Å². The van der Waals surface area contributed by atoms with Gasteiger partial charge in [0.2, 0.25) is 23.6 Å². The molecule has 2 aliphatic rings. The number of imidazole rings is 1. The molecule has 2 aliphatic carbocycles. The monoisotopic (exact) mass is 494 g/mol. The smallest absolute Gasteiger partial charge is 0.240 e. The van der Waals surface area contributed by atoms with Gasteiger partial charge in [-0.15, -0.1) is 5.10 Å². The molecule has 2 fully saturated rings. The van der Waals surface area contributed by atoms with Crippen molar-refractivity contribution in [2.75, 3.05) is 10.6 Å². The summed E-state index contributed by atoms with van der Waals surface area (Å²) in [5.74, 6) is -1.10. The highest BCUT2D eigenvalue weighted by molar-refractivity contribution is 6.13. The number of amides is 3. The molecular formula is C25H27FN6O4. The van der Waals surface area contributed by atoms with Crippen LogP contribution in [0.1, 0.15) is 46.5 Å². The maximum atomic E-state index is 14.8. The van der Waals surface area contributed by atoms with E-state index in [0.29, 0.717) is 24.3 Å². The van der Waals surface area contributed by atoms with E-state index in [1.807, 2.05) is 20.8 Å². The van der Waals surface area contributed by atoms with Gasteiger partial charge in [-0.05, 0) is 64.7 Å². The first-order chi connectivity index (χ1) is 17.0. The van der Waals surface area contributed by atoms with Gasteiger partial charge in [0.15, 0.2) is 23.0 Å². The fraction of sp³-hybridized carbons (Fsp3) is 0.400. The first kappa shape index (κ1) is 23.7. The van der Waals surface area contributed by atoms with Crippen molar-refractivity contribution in [3.05, 3.63) is 42.3 Å². The Bertz CT molecular complexity index is 1370. The van der Waals surface area contributed by atoms with Crippen LogP contribution in [0.5, 0.6) is 11.6 Å². The summed E-state index contributed by atoms with van der Waals surface area (Å²) in [6.45, 7) is 5.54. The highest BCUT2D eigenvalue weighted by Gasteiger charge is 2.57. The van der Waals surface area contributed by atoms with Crippen LogP contribution in [-0.2, 0) is 14.4 Å². The Balaban J connectivity index is 1.25. The maximum absolute atomic E-state index is 14.8. The summed E-state index contributed by atoms with van der Waals surface area (Å²) >= 11 is 0. The van der Waals surface area contributed by atoms with Gasteiger partial charge in [0.05, 0.1) is 6.20 Å². The summed E-state index contributed by atoms with van der Waals surface area (Å²) in [5, 5.41) is 12.5. The Labute approximate surface area is 206 Å². The number of nitrogens with one attached hydrogen (secondary N) is 3. The number of carbonyl (C=O) groups is 3. The molecule has 2 aromatic heterocycles. The van der Waals surface area contributed by atoms with Crippen molar-refractivity contribution in [1.82, 2.24) is 19.9 Å². The van der Waals surface area contributed by atoms with Crippen LogP contribution in [0.4, 0.5) is 15.9 Å². The van der Waals surface area contributed by atoms with E-state index in [4.69, 9.17) is 4.74 Å². The van der Waals surface area contributed by atoms with E-state index in [1.165, 1.54) is 22.7 Å². The second kappa shape index (κ2) is 8.58. The lowest BCUT2D eigenvalue weighted by atomic mass is 10.0. The number of ether oxygens (including phenoxy) is 1. The molecule has 36 heavy (non-hydrogen) atoms. The molecule has 3 N–H and O–H groups in total. The molecule has 1 aromatic carbocycles. The standard InChI is InChI=1S/C25H27FN6O4/c1-24(2,3)30-23(35)25(10-11-25)22(34)27-15-6-7-17(16(26)12-15)36-20-9-8-19-28-18(13-32(19)31-20)29-21(33)14-4-5-14/h6-9,12-14H,4-5,10-11H2,1-3H3,(H,27,34)(H,29,33)(H,30,35). The number of hydrogen-bond acceptors (Lipinski definition) is 6. The second-order valence-electron chi connectivity index (χ2n) is 10.4. The minimum atomic E-state index is -1.12. The number of nitrogens with zero attached hydrogens (tertiary/aromatic N) is 3. The fourth-order valence-electron chi connectivity index (χ4n) is 3.72. The third-order valence-corrected chi connectivity index (χ3v) is 6.01. The molecule has 2 saturated carbocycles. The number of carbonyl (C=O) groups excluding carboxylic acids is 3. The molecule has 0 bridgehead atoms. The summed E-state index contributed by atoms with van der Waals surface area (Å²) in [4.78, 5) is 41.6. The Morgan fingerprint density at radius 2 is 1.83 bits per heavy atom. The third kappa shape index (κ3) is 5.00. The molecule has 2 heterocycles. The van der Waals surface area contributed by atoms with Crippen LogP contribution in [0.15, 0.2) is 36.5 Å². The van der Waals surface area contributed by atoms with Crippen molar-refractivity contribution in [1.29, 1.82) is 0 Å². The van der Waals surface area contributed by atoms with E-state index in [1.54, 1.807) is 12.3 Å². The van der Waals surface area contributed by atoms with Gasteiger partial charge in [-0.3, -0.25) is 14.4 Å². The minimum absolute atomic E-state index is 0.0489. The van der Waals surface area contributed by atoms with Crippen molar-refractivity contribution in [2.45, 2.75) is 52.0 Å². The predicted molar refractivity (Wildman–Crippen MR) is 129 cm³/mol. The van der Waals surface area contributed by atoms with Crippen molar-refractivity contribution in [2.24, 2.45) is 11.3 Å². The summed E-state index contributed by atoms with van der Waals surface area (Å²) in [7, 11) is 0. The van der Waals surface area contributed by atoms with Crippen LogP contribution in [0.25, 0.3) is 5.65 Å². The van der Waals surface area contributed by atoms with E-state index in [9.17, 15) is 18.8 Å². The van der Waals surface area contributed by atoms with Crippen molar-refractivity contribution >= 4 is 34.9 Å². The SMILES string of the molecule is CC(C)(C)NC(=O)C1(C(=O)Nc2ccc(Oc3ccc4nc(NC(=O)C5CC5)cn4n3)c(F)c2)CC1. The van der Waals surface area contributed by atoms with Crippen molar-refractivity contribution in [3.8, 4) is 11.6 Å². The summed E-state index contributed by atoms with van der Waals surface area (Å²) < 4.78 is 21.8. The fourth-order valence-corrected chi connectivity index (χ4v) is 3.72. The molecule has 0 unspecified atom stereocenters. The second-order valence-corrected chi connectivity index (χ2v) is 10.4. The summed E-state index contributed by atoms with van der Waals surface area (Å²) in [6, 6.07) is 7.18. The molecule has 188 valence electrons. The highest BCUT2D eigenvalue weighted by Crippen LogP contribution is 2.47. The predicted octanol–water partition coefficient (Wildman–Crippen LogP) is 3.64. The molecule has 0 radical (unpaired) electrons. The van der Waals surface area contributed by atoms with Crippen LogP contribution in [0.3, 0.4) is 0 Å². The van der Waals surface area contributed by atoms with Crippen LogP contribution in [0.2, 0.25) is 0 Å². The van der Waals surface area contributed by atoms with E-state index in [-0.39, 0.29) is 35.0 Å². The lowest BCUT2D eigenvalue weighted by Gasteiger charge is -2.24. The first-order valence-electron chi connectivity index (χ1n) is 11.8. The zero-order valence-electron chi connectivity index (χ0n) is 20.2. The van der Waals surface area contributed by atoms with Crippen LogP contribution in [0, 0.1) is 17.2 Å². The molecule has 0 spiro atoms. The van der Waals surface area contributed by atoms with Gasteiger partial charge < -0.3 is 20.7 Å². The van der Waals surface area contributed by atoms with E-state index >= 15 is 0 Å². The average molecular weight is 495 g/mol. The molecule has 0 atom stereocenters. The average Bonchev–Trinajstić information content (AvgIpc) is 3.70. The van der Waals surface area contributed by atoms with E-state index in [2.05, 4.69) is 26.0 Å². The molecule has 11 heteroatoms.